The van der Waals surface area contributed by atoms with Gasteiger partial charge in [0.15, 0.2) is 0 Å². The molecule has 0 aliphatic carbocycles. The largest absolute Gasteiger partial charge is 0.459 e. The molecule has 0 aromatic heterocycles. The minimum absolute atomic E-state index is 0.100. The summed E-state index contributed by atoms with van der Waals surface area (Å²) in [5.41, 5.74) is 5.36. The van der Waals surface area contributed by atoms with E-state index in [2.05, 4.69) is 4.72 Å². The SMILES string of the molecule is CC(C)(C)OC(=O)CNS(=O)(=O)c1ccc(OC(=O)c2ccc(C(=N)N)cc2)cc1. The smallest absolute Gasteiger partial charge is 0.343 e. The van der Waals surface area contributed by atoms with Crippen molar-refractivity contribution < 1.29 is 27.5 Å². The molecule has 30 heavy (non-hydrogen) atoms. The van der Waals surface area contributed by atoms with Crippen LogP contribution in [0.2, 0.25) is 0 Å². The fourth-order valence-corrected chi connectivity index (χ4v) is 3.22. The van der Waals surface area contributed by atoms with Crippen molar-refractivity contribution in [3.8, 4) is 5.75 Å². The third kappa shape index (κ3) is 6.68. The topological polar surface area (TPSA) is 149 Å². The van der Waals surface area contributed by atoms with E-state index in [1.54, 1.807) is 20.8 Å². The van der Waals surface area contributed by atoms with Gasteiger partial charge in [0.1, 0.15) is 23.7 Å². The summed E-state index contributed by atoms with van der Waals surface area (Å²) in [6, 6.07) is 11.1. The van der Waals surface area contributed by atoms with E-state index < -0.39 is 34.1 Å². The third-order valence-electron chi connectivity index (χ3n) is 3.60. The highest BCUT2D eigenvalue weighted by molar-refractivity contribution is 7.89. The van der Waals surface area contributed by atoms with Gasteiger partial charge in [0, 0.05) is 5.56 Å². The second-order valence-corrected chi connectivity index (χ2v) is 9.03. The third-order valence-corrected chi connectivity index (χ3v) is 5.02. The molecule has 2 aromatic rings. The molecule has 0 amide bonds. The molecule has 0 fully saturated rings. The highest BCUT2D eigenvalue weighted by Crippen LogP contribution is 2.18. The minimum Gasteiger partial charge on any atom is -0.459 e. The number of hydrogen-bond acceptors (Lipinski definition) is 7. The first kappa shape index (κ1) is 23.0. The quantitative estimate of drug-likeness (QED) is 0.261. The van der Waals surface area contributed by atoms with Gasteiger partial charge >= 0.3 is 11.9 Å². The van der Waals surface area contributed by atoms with Gasteiger partial charge < -0.3 is 15.2 Å². The molecule has 0 saturated carbocycles. The molecule has 0 atom stereocenters. The lowest BCUT2D eigenvalue weighted by Crippen LogP contribution is -2.34. The zero-order valence-corrected chi connectivity index (χ0v) is 17.6. The van der Waals surface area contributed by atoms with Gasteiger partial charge in [0.25, 0.3) is 0 Å². The Morgan fingerprint density at radius 1 is 1.00 bits per heavy atom. The minimum atomic E-state index is -3.94. The zero-order chi connectivity index (χ0) is 22.5. The van der Waals surface area contributed by atoms with E-state index >= 15 is 0 Å². The lowest BCUT2D eigenvalue weighted by Gasteiger charge is -2.19. The number of nitrogen functional groups attached to an aromatic ring is 1. The van der Waals surface area contributed by atoms with E-state index in [4.69, 9.17) is 20.6 Å². The average molecular weight is 433 g/mol. The second kappa shape index (κ2) is 9.06. The summed E-state index contributed by atoms with van der Waals surface area (Å²) in [6.45, 7) is 4.53. The van der Waals surface area contributed by atoms with Crippen molar-refractivity contribution in [3.05, 3.63) is 59.7 Å². The molecule has 160 valence electrons. The van der Waals surface area contributed by atoms with Crippen molar-refractivity contribution in [2.45, 2.75) is 31.3 Å². The maximum absolute atomic E-state index is 12.3. The molecule has 0 unspecified atom stereocenters. The number of benzene rings is 2. The predicted octanol–water partition coefficient (Wildman–Crippen LogP) is 1.81. The second-order valence-electron chi connectivity index (χ2n) is 7.26. The highest BCUT2D eigenvalue weighted by Gasteiger charge is 2.20. The number of carbonyl (C=O) groups excluding carboxylic acids is 2. The number of nitrogens with two attached hydrogens (primary N) is 1. The number of ether oxygens (including phenoxy) is 2. The van der Waals surface area contributed by atoms with Crippen LogP contribution in [0.3, 0.4) is 0 Å². The molecular weight excluding hydrogens is 410 g/mol. The summed E-state index contributed by atoms with van der Waals surface area (Å²) in [4.78, 5) is 23.8. The molecule has 0 bridgehead atoms. The van der Waals surface area contributed by atoms with E-state index in [-0.39, 0.29) is 22.0 Å². The Labute approximate surface area is 174 Å². The average Bonchev–Trinajstić information content (AvgIpc) is 2.65. The number of rotatable bonds is 7. The van der Waals surface area contributed by atoms with Crippen LogP contribution in [-0.4, -0.2) is 38.3 Å². The lowest BCUT2D eigenvalue weighted by atomic mass is 10.1. The summed E-state index contributed by atoms with van der Waals surface area (Å²) in [5, 5.41) is 7.34. The van der Waals surface area contributed by atoms with E-state index in [9.17, 15) is 18.0 Å². The van der Waals surface area contributed by atoms with Gasteiger partial charge in [-0.15, -0.1) is 0 Å². The van der Waals surface area contributed by atoms with Crippen LogP contribution in [0.25, 0.3) is 0 Å². The first-order chi connectivity index (χ1) is 13.9. The van der Waals surface area contributed by atoms with Crippen molar-refractivity contribution >= 4 is 27.8 Å². The van der Waals surface area contributed by atoms with E-state index in [0.717, 1.165) is 0 Å². The fourth-order valence-electron chi connectivity index (χ4n) is 2.25. The molecule has 9 nitrogen and oxygen atoms in total. The van der Waals surface area contributed by atoms with Crippen LogP contribution in [-0.2, 0) is 19.6 Å². The standard InChI is InChI=1S/C20H23N3O6S/c1-20(2,3)29-17(24)12-23-30(26,27)16-10-8-15(9-11-16)28-19(25)14-6-4-13(5-7-14)18(21)22/h4-11,23H,12H2,1-3H3,(H3,21,22). The molecular formula is C20H23N3O6S. The van der Waals surface area contributed by atoms with Gasteiger partial charge in [0.2, 0.25) is 10.0 Å². The molecule has 0 aliphatic rings. The van der Waals surface area contributed by atoms with Crippen LogP contribution in [0.1, 0.15) is 36.7 Å². The Morgan fingerprint density at radius 2 is 1.53 bits per heavy atom. The summed E-state index contributed by atoms with van der Waals surface area (Å²) in [6.07, 6.45) is 0. The number of hydrogen-bond donors (Lipinski definition) is 3. The lowest BCUT2D eigenvalue weighted by molar-refractivity contribution is -0.153. The molecule has 0 heterocycles. The molecule has 2 rings (SSSR count). The van der Waals surface area contributed by atoms with Gasteiger partial charge in [-0.1, -0.05) is 12.1 Å². The Hall–Kier alpha value is -3.24. The van der Waals surface area contributed by atoms with Gasteiger partial charge in [-0.25, -0.2) is 13.2 Å². The number of carbonyl (C=O) groups is 2. The summed E-state index contributed by atoms with van der Waals surface area (Å²) < 4.78 is 37.0. The van der Waals surface area contributed by atoms with Gasteiger partial charge in [-0.05, 0) is 57.2 Å². The Balaban J connectivity index is 2.00. The van der Waals surface area contributed by atoms with Crippen molar-refractivity contribution in [3.63, 3.8) is 0 Å². The molecule has 2 aromatic carbocycles. The van der Waals surface area contributed by atoms with Gasteiger partial charge in [-0.3, -0.25) is 10.2 Å². The number of esters is 2. The maximum atomic E-state index is 12.3. The fraction of sp³-hybridized carbons (Fsp3) is 0.250. The molecule has 0 saturated heterocycles. The van der Waals surface area contributed by atoms with E-state index in [1.165, 1.54) is 48.5 Å². The first-order valence-corrected chi connectivity index (χ1v) is 10.3. The Morgan fingerprint density at radius 3 is 2.03 bits per heavy atom. The molecule has 0 spiro atoms. The number of amidine groups is 1. The van der Waals surface area contributed by atoms with Crippen LogP contribution in [0.5, 0.6) is 5.75 Å². The monoisotopic (exact) mass is 433 g/mol. The van der Waals surface area contributed by atoms with E-state index in [0.29, 0.717) is 5.56 Å². The van der Waals surface area contributed by atoms with Crippen LogP contribution in [0.4, 0.5) is 0 Å². The first-order valence-electron chi connectivity index (χ1n) is 8.85. The number of nitrogens with one attached hydrogen (secondary N) is 2. The number of sulfonamides is 1. The molecule has 0 aliphatic heterocycles. The summed E-state index contributed by atoms with van der Waals surface area (Å²) in [7, 11) is -3.94. The van der Waals surface area contributed by atoms with Crippen molar-refractivity contribution in [1.82, 2.24) is 4.72 Å². The Kier molecular flexibility index (Phi) is 6.96. The normalized spacial score (nSPS) is 11.6. The van der Waals surface area contributed by atoms with Crippen molar-refractivity contribution in [1.29, 1.82) is 5.41 Å². The molecule has 0 radical (unpaired) electrons. The maximum Gasteiger partial charge on any atom is 0.343 e. The van der Waals surface area contributed by atoms with Crippen molar-refractivity contribution in [2.75, 3.05) is 6.54 Å². The van der Waals surface area contributed by atoms with E-state index in [1.807, 2.05) is 0 Å². The summed E-state index contributed by atoms with van der Waals surface area (Å²) in [5.74, 6) is -1.33. The zero-order valence-electron chi connectivity index (χ0n) is 16.8. The highest BCUT2D eigenvalue weighted by atomic mass is 32.2. The van der Waals surface area contributed by atoms with Crippen LogP contribution < -0.4 is 15.2 Å². The predicted molar refractivity (Wildman–Crippen MR) is 110 cm³/mol. The molecule has 4 N–H and O–H groups in total. The van der Waals surface area contributed by atoms with Crippen LogP contribution >= 0.6 is 0 Å². The van der Waals surface area contributed by atoms with Crippen LogP contribution in [0, 0.1) is 5.41 Å². The van der Waals surface area contributed by atoms with Gasteiger partial charge in [-0.2, -0.15) is 4.72 Å². The van der Waals surface area contributed by atoms with Crippen molar-refractivity contribution in [2.24, 2.45) is 5.73 Å². The Bertz CT molecular complexity index is 1040. The van der Waals surface area contributed by atoms with Crippen LogP contribution in [0.15, 0.2) is 53.4 Å². The molecule has 10 heteroatoms. The summed E-state index contributed by atoms with van der Waals surface area (Å²) >= 11 is 0. The van der Waals surface area contributed by atoms with Gasteiger partial charge in [0.05, 0.1) is 10.5 Å².